The van der Waals surface area contributed by atoms with Crippen molar-refractivity contribution in [2.75, 3.05) is 0 Å². The Balaban J connectivity index is 1.55. The number of alkyl halides is 3. The summed E-state index contributed by atoms with van der Waals surface area (Å²) in [6.45, 7) is 0. The first-order valence-electron chi connectivity index (χ1n) is 9.76. The number of carbonyl (C=O) groups excluding carboxylic acids is 2. The highest BCUT2D eigenvalue weighted by Gasteiger charge is 2.30. The summed E-state index contributed by atoms with van der Waals surface area (Å²) >= 11 is 0. The van der Waals surface area contributed by atoms with Crippen LogP contribution >= 0.6 is 0 Å². The SMILES string of the molecule is Cn1ncc(C(=O)CCC(F)(F)F)c1C(=O)Cc1ccn2cc(-c3ccccc3)nc2n1. The van der Waals surface area contributed by atoms with Gasteiger partial charge >= 0.3 is 6.18 Å². The molecule has 0 amide bonds. The molecule has 164 valence electrons. The van der Waals surface area contributed by atoms with Crippen LogP contribution in [0.4, 0.5) is 13.2 Å². The number of nitrogens with zero attached hydrogens (tertiary/aromatic N) is 5. The summed E-state index contributed by atoms with van der Waals surface area (Å²) in [5.74, 6) is -0.837. The van der Waals surface area contributed by atoms with Crippen LogP contribution in [0.15, 0.2) is 55.0 Å². The fourth-order valence-electron chi connectivity index (χ4n) is 3.37. The number of halogens is 3. The third-order valence-corrected chi connectivity index (χ3v) is 4.93. The number of aryl methyl sites for hydroxylation is 1. The number of carbonyl (C=O) groups is 2. The molecule has 0 aliphatic heterocycles. The average Bonchev–Trinajstić information content (AvgIpc) is 3.35. The van der Waals surface area contributed by atoms with Crippen molar-refractivity contribution in [3.63, 3.8) is 0 Å². The minimum Gasteiger partial charge on any atom is -0.294 e. The van der Waals surface area contributed by atoms with Gasteiger partial charge < -0.3 is 0 Å². The molecule has 0 saturated carbocycles. The minimum absolute atomic E-state index is 0.0350. The van der Waals surface area contributed by atoms with Crippen LogP contribution < -0.4 is 0 Å². The average molecular weight is 441 g/mol. The zero-order chi connectivity index (χ0) is 22.9. The smallest absolute Gasteiger partial charge is 0.294 e. The maximum absolute atomic E-state index is 12.9. The second kappa shape index (κ2) is 8.37. The number of Topliss-reactive ketones (excluding diaryl/α,β-unsaturated/α-hetero) is 2. The lowest BCUT2D eigenvalue weighted by Crippen LogP contribution is -2.16. The van der Waals surface area contributed by atoms with Gasteiger partial charge in [0.1, 0.15) is 5.69 Å². The van der Waals surface area contributed by atoms with Gasteiger partial charge in [-0.15, -0.1) is 0 Å². The van der Waals surface area contributed by atoms with Crippen LogP contribution in [0.1, 0.15) is 39.4 Å². The molecule has 10 heteroatoms. The highest BCUT2D eigenvalue weighted by Crippen LogP contribution is 2.24. The second-order valence-electron chi connectivity index (χ2n) is 7.29. The molecular formula is C22H18F3N5O2. The van der Waals surface area contributed by atoms with Crippen LogP contribution in [0.5, 0.6) is 0 Å². The summed E-state index contributed by atoms with van der Waals surface area (Å²) in [6, 6.07) is 11.2. The van der Waals surface area contributed by atoms with Crippen LogP contribution in [-0.4, -0.2) is 41.9 Å². The summed E-state index contributed by atoms with van der Waals surface area (Å²) in [5, 5.41) is 3.89. The number of ketones is 2. The molecule has 0 aliphatic rings. The van der Waals surface area contributed by atoms with Crippen LogP contribution in [0.25, 0.3) is 17.0 Å². The Hall–Kier alpha value is -3.82. The number of rotatable bonds is 7. The first-order valence-corrected chi connectivity index (χ1v) is 9.76. The second-order valence-corrected chi connectivity index (χ2v) is 7.29. The van der Waals surface area contributed by atoms with E-state index in [4.69, 9.17) is 0 Å². The molecule has 0 aliphatic carbocycles. The molecule has 3 aromatic heterocycles. The Morgan fingerprint density at radius 3 is 2.50 bits per heavy atom. The lowest BCUT2D eigenvalue weighted by molar-refractivity contribution is -0.133. The molecule has 4 aromatic rings. The molecule has 3 heterocycles. The topological polar surface area (TPSA) is 82.2 Å². The van der Waals surface area contributed by atoms with Gasteiger partial charge in [-0.25, -0.2) is 9.97 Å². The largest absolute Gasteiger partial charge is 0.389 e. The van der Waals surface area contributed by atoms with Crippen molar-refractivity contribution < 1.29 is 22.8 Å². The summed E-state index contributed by atoms with van der Waals surface area (Å²) in [5.41, 5.74) is 1.92. The van der Waals surface area contributed by atoms with Gasteiger partial charge in [0.05, 0.1) is 36.0 Å². The number of aromatic nitrogens is 5. The van der Waals surface area contributed by atoms with E-state index < -0.39 is 30.6 Å². The molecule has 1 aromatic carbocycles. The molecule has 32 heavy (non-hydrogen) atoms. The normalized spacial score (nSPS) is 11.8. The number of hydrogen-bond acceptors (Lipinski definition) is 5. The molecule has 0 N–H and O–H groups in total. The maximum atomic E-state index is 12.9. The van der Waals surface area contributed by atoms with Crippen molar-refractivity contribution in [1.29, 1.82) is 0 Å². The van der Waals surface area contributed by atoms with E-state index in [1.807, 2.05) is 36.5 Å². The van der Waals surface area contributed by atoms with Crippen LogP contribution in [0.3, 0.4) is 0 Å². The maximum Gasteiger partial charge on any atom is 0.389 e. The standard InChI is InChI=1S/C22H18F3N5O2/c1-29-20(16(12-26-29)18(31)7-9-22(23,24)25)19(32)11-15-8-10-30-13-17(28-21(30)27-15)14-5-3-2-4-6-14/h2-6,8,10,12-13H,7,9,11H2,1H3. The number of benzene rings is 1. The highest BCUT2D eigenvalue weighted by molar-refractivity contribution is 6.08. The fourth-order valence-corrected chi connectivity index (χ4v) is 3.37. The van der Waals surface area contributed by atoms with Gasteiger partial charge in [0.25, 0.3) is 0 Å². The number of fused-ring (bicyclic) bond motifs is 1. The first kappa shape index (κ1) is 21.4. The van der Waals surface area contributed by atoms with Gasteiger partial charge in [-0.2, -0.15) is 18.3 Å². The fraction of sp³-hybridized carbons (Fsp3) is 0.227. The first-order chi connectivity index (χ1) is 15.2. The van der Waals surface area contributed by atoms with Gasteiger partial charge in [0.2, 0.25) is 5.78 Å². The third kappa shape index (κ3) is 4.58. The molecule has 0 atom stereocenters. The molecule has 4 rings (SSSR count). The molecule has 0 bridgehead atoms. The molecule has 0 radical (unpaired) electrons. The molecule has 0 unspecified atom stereocenters. The third-order valence-electron chi connectivity index (χ3n) is 4.93. The Kier molecular flexibility index (Phi) is 5.60. The van der Waals surface area contributed by atoms with Crippen molar-refractivity contribution in [3.05, 3.63) is 71.9 Å². The van der Waals surface area contributed by atoms with E-state index in [9.17, 15) is 22.8 Å². The van der Waals surface area contributed by atoms with Gasteiger partial charge in [0.15, 0.2) is 11.6 Å². The molecular weight excluding hydrogens is 423 g/mol. The zero-order valence-electron chi connectivity index (χ0n) is 17.0. The zero-order valence-corrected chi connectivity index (χ0v) is 17.0. The van der Waals surface area contributed by atoms with E-state index in [0.717, 1.165) is 17.5 Å². The Morgan fingerprint density at radius 2 is 1.78 bits per heavy atom. The van der Waals surface area contributed by atoms with E-state index >= 15 is 0 Å². The van der Waals surface area contributed by atoms with E-state index in [2.05, 4.69) is 15.1 Å². The van der Waals surface area contributed by atoms with Crippen molar-refractivity contribution in [2.45, 2.75) is 25.4 Å². The Labute approximate surface area is 180 Å². The molecule has 7 nitrogen and oxygen atoms in total. The van der Waals surface area contributed by atoms with Gasteiger partial charge in [-0.1, -0.05) is 30.3 Å². The Bertz CT molecular complexity index is 1290. The van der Waals surface area contributed by atoms with Gasteiger partial charge in [-0.05, 0) is 6.07 Å². The van der Waals surface area contributed by atoms with Crippen LogP contribution in [0.2, 0.25) is 0 Å². The van der Waals surface area contributed by atoms with Crippen LogP contribution in [0, 0.1) is 0 Å². The molecule has 0 spiro atoms. The lowest BCUT2D eigenvalue weighted by atomic mass is 10.0. The predicted octanol–water partition coefficient (Wildman–Crippen LogP) is 4.08. The number of hydrogen-bond donors (Lipinski definition) is 0. The summed E-state index contributed by atoms with van der Waals surface area (Å²) in [7, 11) is 1.46. The van der Waals surface area contributed by atoms with E-state index in [0.29, 0.717) is 11.5 Å². The summed E-state index contributed by atoms with van der Waals surface area (Å²) < 4.78 is 40.3. The minimum atomic E-state index is -4.45. The van der Waals surface area contributed by atoms with E-state index in [1.54, 1.807) is 16.7 Å². The molecule has 0 fully saturated rings. The van der Waals surface area contributed by atoms with Crippen molar-refractivity contribution in [2.24, 2.45) is 7.05 Å². The summed E-state index contributed by atoms with van der Waals surface area (Å²) in [6.07, 6.45) is -1.92. The van der Waals surface area contributed by atoms with Crippen LogP contribution in [-0.2, 0) is 13.5 Å². The van der Waals surface area contributed by atoms with Crippen molar-refractivity contribution in [1.82, 2.24) is 24.1 Å². The van der Waals surface area contributed by atoms with E-state index in [1.165, 1.54) is 11.7 Å². The van der Waals surface area contributed by atoms with Gasteiger partial charge in [0, 0.05) is 31.4 Å². The quantitative estimate of drug-likeness (QED) is 0.404. The Morgan fingerprint density at radius 1 is 1.03 bits per heavy atom. The van der Waals surface area contributed by atoms with E-state index in [-0.39, 0.29) is 17.7 Å². The lowest BCUT2D eigenvalue weighted by Gasteiger charge is -2.07. The van der Waals surface area contributed by atoms with Crippen molar-refractivity contribution >= 4 is 17.3 Å². The highest BCUT2D eigenvalue weighted by atomic mass is 19.4. The predicted molar refractivity (Wildman–Crippen MR) is 109 cm³/mol. The molecule has 0 saturated heterocycles. The monoisotopic (exact) mass is 441 g/mol. The summed E-state index contributed by atoms with van der Waals surface area (Å²) in [4.78, 5) is 34.0. The van der Waals surface area contributed by atoms with Crippen molar-refractivity contribution in [3.8, 4) is 11.3 Å². The number of imidazole rings is 1. The van der Waals surface area contributed by atoms with Gasteiger partial charge in [-0.3, -0.25) is 18.7 Å².